The fourth-order valence-electron chi connectivity index (χ4n) is 5.63. The van der Waals surface area contributed by atoms with Crippen molar-refractivity contribution < 1.29 is 4.42 Å². The molecule has 174 valence electrons. The molecule has 0 bridgehead atoms. The minimum absolute atomic E-state index is 0.912. The highest BCUT2D eigenvalue weighted by atomic mass is 32.1. The van der Waals surface area contributed by atoms with E-state index in [4.69, 9.17) is 4.42 Å². The Bertz CT molecular complexity index is 2050. The van der Waals surface area contributed by atoms with Gasteiger partial charge >= 0.3 is 0 Å². The van der Waals surface area contributed by atoms with E-state index in [-0.39, 0.29) is 0 Å². The van der Waals surface area contributed by atoms with Gasteiger partial charge in [-0.1, -0.05) is 78.9 Å². The average molecular weight is 492 g/mol. The number of rotatable bonds is 3. The molecule has 8 rings (SSSR count). The largest absolute Gasteiger partial charge is 0.455 e. The number of thiophene rings is 1. The van der Waals surface area contributed by atoms with Crippen molar-refractivity contribution in [1.82, 2.24) is 0 Å². The van der Waals surface area contributed by atoms with Crippen LogP contribution in [-0.2, 0) is 0 Å². The second-order valence-corrected chi connectivity index (χ2v) is 10.4. The SMILES string of the molecule is c1ccc(N(c2ccccc2)c2ccc3oc4c5ccccc5c5c6ccccc6sc5c4c3c2)cc1. The molecule has 3 heteroatoms. The fourth-order valence-corrected chi connectivity index (χ4v) is 6.90. The van der Waals surface area contributed by atoms with Crippen molar-refractivity contribution in [1.29, 1.82) is 0 Å². The predicted molar refractivity (Wildman–Crippen MR) is 159 cm³/mol. The summed E-state index contributed by atoms with van der Waals surface area (Å²) in [6.45, 7) is 0. The molecule has 0 atom stereocenters. The molecule has 2 nitrogen and oxygen atoms in total. The summed E-state index contributed by atoms with van der Waals surface area (Å²) < 4.78 is 9.19. The van der Waals surface area contributed by atoms with Crippen molar-refractivity contribution in [3.05, 3.63) is 127 Å². The number of para-hydroxylation sites is 2. The number of nitrogens with zero attached hydrogens (tertiary/aromatic N) is 1. The van der Waals surface area contributed by atoms with Gasteiger partial charge in [-0.15, -0.1) is 11.3 Å². The number of anilines is 3. The Morgan fingerprint density at radius 3 is 1.84 bits per heavy atom. The number of hydrogen-bond acceptors (Lipinski definition) is 3. The second-order valence-electron chi connectivity index (χ2n) is 9.34. The zero-order valence-corrected chi connectivity index (χ0v) is 20.7. The molecule has 8 aromatic rings. The van der Waals surface area contributed by atoms with Gasteiger partial charge in [0.25, 0.3) is 0 Å². The van der Waals surface area contributed by atoms with Crippen LogP contribution in [0, 0.1) is 0 Å². The highest BCUT2D eigenvalue weighted by Crippen LogP contribution is 2.48. The summed E-state index contributed by atoms with van der Waals surface area (Å²) in [6, 6.07) is 45.0. The van der Waals surface area contributed by atoms with Crippen LogP contribution in [-0.4, -0.2) is 0 Å². The molecular formula is C34H21NOS. The molecule has 0 aliphatic carbocycles. The zero-order chi connectivity index (χ0) is 24.3. The standard InChI is InChI=1S/C34H21NOS/c1-3-11-22(12-4-1)35(23-13-5-2-6-14-23)24-19-20-29-28(21-24)32-33(36-29)26-16-8-7-15-25(26)31-27-17-9-10-18-30(27)37-34(31)32/h1-21H. The molecule has 6 aromatic carbocycles. The Kier molecular flexibility index (Phi) is 4.42. The van der Waals surface area contributed by atoms with Crippen LogP contribution in [0.5, 0.6) is 0 Å². The fraction of sp³-hybridized carbons (Fsp3) is 0. The Balaban J connectivity index is 1.50. The molecule has 0 N–H and O–H groups in total. The topological polar surface area (TPSA) is 16.4 Å². The third-order valence-corrected chi connectivity index (χ3v) is 8.41. The lowest BCUT2D eigenvalue weighted by atomic mass is 10.00. The first-order valence-corrected chi connectivity index (χ1v) is 13.3. The minimum atomic E-state index is 0.912. The first-order chi connectivity index (χ1) is 18.4. The number of hydrogen-bond donors (Lipinski definition) is 0. The van der Waals surface area contributed by atoms with Gasteiger partial charge in [-0.2, -0.15) is 0 Å². The lowest BCUT2D eigenvalue weighted by Crippen LogP contribution is -2.09. The molecule has 0 amide bonds. The summed E-state index contributed by atoms with van der Waals surface area (Å²) >= 11 is 1.86. The van der Waals surface area contributed by atoms with Gasteiger partial charge < -0.3 is 9.32 Å². The predicted octanol–water partition coefficient (Wildman–Crippen LogP) is 10.6. The van der Waals surface area contributed by atoms with E-state index in [1.165, 1.54) is 30.9 Å². The van der Waals surface area contributed by atoms with Gasteiger partial charge in [0, 0.05) is 53.4 Å². The van der Waals surface area contributed by atoms with Crippen LogP contribution >= 0.6 is 11.3 Å². The van der Waals surface area contributed by atoms with Crippen molar-refractivity contribution in [2.75, 3.05) is 4.90 Å². The van der Waals surface area contributed by atoms with E-state index < -0.39 is 0 Å². The Morgan fingerprint density at radius 2 is 1.11 bits per heavy atom. The monoisotopic (exact) mass is 491 g/mol. The molecule has 0 aliphatic heterocycles. The van der Waals surface area contributed by atoms with E-state index in [1.54, 1.807) is 0 Å². The van der Waals surface area contributed by atoms with Crippen LogP contribution in [0.3, 0.4) is 0 Å². The normalized spacial score (nSPS) is 11.8. The second kappa shape index (κ2) is 7.95. The maximum Gasteiger partial charge on any atom is 0.144 e. The van der Waals surface area contributed by atoms with Gasteiger partial charge in [-0.25, -0.2) is 0 Å². The van der Waals surface area contributed by atoms with Gasteiger partial charge in [0.1, 0.15) is 11.2 Å². The van der Waals surface area contributed by atoms with Crippen LogP contribution in [0.1, 0.15) is 0 Å². The third-order valence-electron chi connectivity index (χ3n) is 7.22. The van der Waals surface area contributed by atoms with E-state index in [9.17, 15) is 0 Å². The Hall–Kier alpha value is -4.60. The lowest BCUT2D eigenvalue weighted by Gasteiger charge is -2.25. The first kappa shape index (κ1) is 20.6. The maximum atomic E-state index is 6.60. The molecule has 0 saturated carbocycles. The van der Waals surface area contributed by atoms with E-state index in [0.29, 0.717) is 0 Å². The van der Waals surface area contributed by atoms with Gasteiger partial charge in [-0.05, 0) is 53.9 Å². The minimum Gasteiger partial charge on any atom is -0.455 e. The Morgan fingerprint density at radius 1 is 0.486 bits per heavy atom. The molecule has 0 spiro atoms. The van der Waals surface area contributed by atoms with Gasteiger partial charge in [0.2, 0.25) is 0 Å². The van der Waals surface area contributed by atoms with E-state index in [1.807, 2.05) is 11.3 Å². The summed E-state index contributed by atoms with van der Waals surface area (Å²) in [5.74, 6) is 0. The Labute approximate surface area is 217 Å². The molecular weight excluding hydrogens is 470 g/mol. The van der Waals surface area contributed by atoms with Crippen LogP contribution in [0.2, 0.25) is 0 Å². The van der Waals surface area contributed by atoms with Gasteiger partial charge in [0.05, 0.1) is 0 Å². The molecule has 0 saturated heterocycles. The van der Waals surface area contributed by atoms with E-state index >= 15 is 0 Å². The quantitative estimate of drug-likeness (QED) is 0.244. The summed E-state index contributed by atoms with van der Waals surface area (Å²) in [6.07, 6.45) is 0. The summed E-state index contributed by atoms with van der Waals surface area (Å²) in [4.78, 5) is 2.31. The van der Waals surface area contributed by atoms with Crippen LogP contribution in [0.4, 0.5) is 17.1 Å². The van der Waals surface area contributed by atoms with E-state index in [2.05, 4.69) is 132 Å². The average Bonchev–Trinajstić information content (AvgIpc) is 3.53. The smallest absolute Gasteiger partial charge is 0.144 e. The third kappa shape index (κ3) is 3.05. The van der Waals surface area contributed by atoms with Crippen molar-refractivity contribution in [2.45, 2.75) is 0 Å². The molecule has 2 aromatic heterocycles. The van der Waals surface area contributed by atoms with Crippen molar-refractivity contribution in [3.8, 4) is 0 Å². The number of benzene rings is 6. The van der Waals surface area contributed by atoms with Crippen molar-refractivity contribution >= 4 is 81.3 Å². The zero-order valence-electron chi connectivity index (χ0n) is 19.9. The first-order valence-electron chi connectivity index (χ1n) is 12.5. The number of furan rings is 1. The highest BCUT2D eigenvalue weighted by molar-refractivity contribution is 7.27. The van der Waals surface area contributed by atoms with Crippen molar-refractivity contribution in [2.24, 2.45) is 0 Å². The van der Waals surface area contributed by atoms with Gasteiger partial charge in [0.15, 0.2) is 0 Å². The lowest BCUT2D eigenvalue weighted by molar-refractivity contribution is 0.673. The van der Waals surface area contributed by atoms with Crippen LogP contribution in [0.15, 0.2) is 132 Å². The summed E-state index contributed by atoms with van der Waals surface area (Å²) in [5.41, 5.74) is 5.23. The molecule has 0 fully saturated rings. The summed E-state index contributed by atoms with van der Waals surface area (Å²) in [7, 11) is 0. The van der Waals surface area contributed by atoms with Crippen LogP contribution < -0.4 is 4.90 Å². The molecule has 0 unspecified atom stereocenters. The van der Waals surface area contributed by atoms with E-state index in [0.717, 1.165) is 39.0 Å². The maximum absolute atomic E-state index is 6.60. The molecule has 0 aliphatic rings. The van der Waals surface area contributed by atoms with Gasteiger partial charge in [-0.3, -0.25) is 0 Å². The van der Waals surface area contributed by atoms with Crippen molar-refractivity contribution in [3.63, 3.8) is 0 Å². The number of fused-ring (bicyclic) bond motifs is 10. The molecule has 37 heavy (non-hydrogen) atoms. The highest BCUT2D eigenvalue weighted by Gasteiger charge is 2.21. The van der Waals surface area contributed by atoms with Crippen LogP contribution in [0.25, 0.3) is 52.9 Å². The molecule has 2 heterocycles. The molecule has 0 radical (unpaired) electrons. The summed E-state index contributed by atoms with van der Waals surface area (Å²) in [5, 5.41) is 7.38.